The molecule has 5 nitrogen and oxygen atoms in total. The molecule has 4 aromatic rings. The van der Waals surface area contributed by atoms with Gasteiger partial charge in [-0.25, -0.2) is 4.98 Å². The largest absolute Gasteiger partial charge is 0.438 e. The summed E-state index contributed by atoms with van der Waals surface area (Å²) in [5, 5.41) is 8.77. The first-order chi connectivity index (χ1) is 13.8. The summed E-state index contributed by atoms with van der Waals surface area (Å²) < 4.78 is 6.09. The van der Waals surface area contributed by atoms with E-state index in [4.69, 9.17) is 9.40 Å². The number of benzene rings is 2. The van der Waals surface area contributed by atoms with Crippen LogP contribution >= 0.6 is 0 Å². The van der Waals surface area contributed by atoms with Crippen molar-refractivity contribution in [2.45, 2.75) is 12.0 Å². The lowest BCUT2D eigenvalue weighted by Gasteiger charge is -2.27. The molecule has 5 heteroatoms. The van der Waals surface area contributed by atoms with Crippen LogP contribution in [0.4, 0.5) is 0 Å². The van der Waals surface area contributed by atoms with Gasteiger partial charge in [0.25, 0.3) is 0 Å². The van der Waals surface area contributed by atoms with E-state index in [1.165, 1.54) is 5.56 Å². The minimum Gasteiger partial charge on any atom is -0.438 e. The lowest BCUT2D eigenvalue weighted by molar-refractivity contribution is 0.287. The quantitative estimate of drug-likeness (QED) is 0.522. The fourth-order valence-corrected chi connectivity index (χ4v) is 3.40. The molecule has 5 rings (SSSR count). The molecular weight excluding hydrogens is 348 g/mol. The standard InChI is InChI=1S/C23H18N4O/c1-2-6-18(7-3-1)10-11-19-12-14-23(15-13-19,27-24-16-17-25-27)22-26-20-8-4-5-9-21(20)28-22/h1-14,16-17H,15H2. The van der Waals surface area contributed by atoms with Gasteiger partial charge in [-0.05, 0) is 29.3 Å². The molecule has 28 heavy (non-hydrogen) atoms. The summed E-state index contributed by atoms with van der Waals surface area (Å²) in [6.07, 6.45) is 14.5. The molecule has 0 fully saturated rings. The van der Waals surface area contributed by atoms with E-state index in [9.17, 15) is 0 Å². The Bertz CT molecular complexity index is 1150. The number of hydrogen-bond acceptors (Lipinski definition) is 4. The third-order valence-corrected chi connectivity index (χ3v) is 4.91. The van der Waals surface area contributed by atoms with Crippen molar-refractivity contribution in [3.05, 3.63) is 108 Å². The smallest absolute Gasteiger partial charge is 0.229 e. The zero-order valence-electron chi connectivity index (χ0n) is 15.1. The zero-order valence-corrected chi connectivity index (χ0v) is 15.1. The van der Waals surface area contributed by atoms with E-state index in [0.29, 0.717) is 12.3 Å². The summed E-state index contributed by atoms with van der Waals surface area (Å²) in [7, 11) is 0. The molecule has 2 aromatic carbocycles. The normalized spacial score (nSPS) is 19.4. The van der Waals surface area contributed by atoms with Crippen LogP contribution in [0.5, 0.6) is 0 Å². The number of oxazole rings is 1. The van der Waals surface area contributed by atoms with E-state index < -0.39 is 5.54 Å². The van der Waals surface area contributed by atoms with Gasteiger partial charge in [0.05, 0.1) is 12.4 Å². The first kappa shape index (κ1) is 16.4. The van der Waals surface area contributed by atoms with Crippen LogP contribution in [0.3, 0.4) is 0 Å². The van der Waals surface area contributed by atoms with Crippen LogP contribution in [0.25, 0.3) is 17.2 Å². The van der Waals surface area contributed by atoms with E-state index in [0.717, 1.165) is 16.7 Å². The number of rotatable bonds is 4. The first-order valence-corrected chi connectivity index (χ1v) is 9.19. The zero-order chi connectivity index (χ0) is 18.8. The molecule has 1 aliphatic carbocycles. The predicted octanol–water partition coefficient (Wildman–Crippen LogP) is 4.76. The molecule has 1 unspecified atom stereocenters. The highest BCUT2D eigenvalue weighted by atomic mass is 16.4. The SMILES string of the molecule is C(=Cc1ccccc1)C1=CCC(c2nc3ccccc3o2)(n2nccn2)C=C1. The minimum absolute atomic E-state index is 0.587. The number of fused-ring (bicyclic) bond motifs is 1. The molecule has 0 amide bonds. The molecule has 0 saturated carbocycles. The van der Waals surface area contributed by atoms with Crippen molar-refractivity contribution < 1.29 is 4.42 Å². The third-order valence-electron chi connectivity index (χ3n) is 4.91. The van der Waals surface area contributed by atoms with E-state index in [2.05, 4.69) is 52.7 Å². The maximum Gasteiger partial charge on any atom is 0.229 e. The maximum absolute atomic E-state index is 6.09. The Hall–Kier alpha value is -3.73. The molecule has 0 spiro atoms. The Kier molecular flexibility index (Phi) is 3.98. The van der Waals surface area contributed by atoms with Crippen molar-refractivity contribution in [2.75, 3.05) is 0 Å². The topological polar surface area (TPSA) is 56.7 Å². The van der Waals surface area contributed by atoms with Gasteiger partial charge in [-0.2, -0.15) is 15.0 Å². The molecule has 0 radical (unpaired) electrons. The number of aromatic nitrogens is 4. The molecule has 2 aromatic heterocycles. The molecule has 1 atom stereocenters. The summed E-state index contributed by atoms with van der Waals surface area (Å²) in [5.41, 5.74) is 3.21. The van der Waals surface area contributed by atoms with Crippen LogP contribution in [0.15, 0.2) is 101 Å². The highest BCUT2D eigenvalue weighted by Crippen LogP contribution is 2.36. The molecule has 1 aliphatic rings. The van der Waals surface area contributed by atoms with E-state index in [1.54, 1.807) is 17.2 Å². The second kappa shape index (κ2) is 6.78. The first-order valence-electron chi connectivity index (χ1n) is 9.19. The Balaban J connectivity index is 1.51. The van der Waals surface area contributed by atoms with E-state index in [-0.39, 0.29) is 0 Å². The highest BCUT2D eigenvalue weighted by molar-refractivity contribution is 5.72. The Morgan fingerprint density at radius 2 is 1.71 bits per heavy atom. The number of allylic oxidation sites excluding steroid dienone is 5. The van der Waals surface area contributed by atoms with Crippen molar-refractivity contribution >= 4 is 17.2 Å². The monoisotopic (exact) mass is 366 g/mol. The van der Waals surface area contributed by atoms with Crippen molar-refractivity contribution in [1.82, 2.24) is 20.0 Å². The molecule has 0 saturated heterocycles. The second-order valence-corrected chi connectivity index (χ2v) is 6.72. The van der Waals surface area contributed by atoms with Crippen LogP contribution in [-0.2, 0) is 5.54 Å². The van der Waals surface area contributed by atoms with Gasteiger partial charge in [-0.1, -0.05) is 66.8 Å². The Labute approximate surface area is 162 Å². The fourth-order valence-electron chi connectivity index (χ4n) is 3.40. The third kappa shape index (κ3) is 2.87. The van der Waals surface area contributed by atoms with Crippen molar-refractivity contribution in [1.29, 1.82) is 0 Å². The van der Waals surface area contributed by atoms with Gasteiger partial charge < -0.3 is 4.42 Å². The van der Waals surface area contributed by atoms with Crippen molar-refractivity contribution in [3.8, 4) is 0 Å². The number of hydrogen-bond donors (Lipinski definition) is 0. The molecule has 2 heterocycles. The fraction of sp³-hybridized carbons (Fsp3) is 0.0870. The summed E-state index contributed by atoms with van der Waals surface area (Å²) in [5.74, 6) is 0.587. The Morgan fingerprint density at radius 3 is 2.46 bits per heavy atom. The summed E-state index contributed by atoms with van der Waals surface area (Å²) >= 11 is 0. The average Bonchev–Trinajstić information content (AvgIpc) is 3.44. The number of para-hydroxylation sites is 2. The second-order valence-electron chi connectivity index (χ2n) is 6.72. The molecular formula is C23H18N4O. The number of nitrogens with zero attached hydrogens (tertiary/aromatic N) is 4. The van der Waals surface area contributed by atoms with Gasteiger partial charge in [-0.3, -0.25) is 0 Å². The van der Waals surface area contributed by atoms with Crippen LogP contribution in [0, 0.1) is 0 Å². The minimum atomic E-state index is -0.674. The molecule has 0 aliphatic heterocycles. The van der Waals surface area contributed by atoms with Gasteiger partial charge in [0.2, 0.25) is 5.89 Å². The van der Waals surface area contributed by atoms with Crippen LogP contribution < -0.4 is 0 Å². The lowest BCUT2D eigenvalue weighted by Crippen LogP contribution is -2.36. The van der Waals surface area contributed by atoms with Crippen molar-refractivity contribution in [3.63, 3.8) is 0 Å². The van der Waals surface area contributed by atoms with Gasteiger partial charge in [-0.15, -0.1) is 0 Å². The van der Waals surface area contributed by atoms with Crippen LogP contribution in [0.1, 0.15) is 17.9 Å². The van der Waals surface area contributed by atoms with Crippen LogP contribution in [0.2, 0.25) is 0 Å². The predicted molar refractivity (Wildman–Crippen MR) is 108 cm³/mol. The van der Waals surface area contributed by atoms with Gasteiger partial charge in [0.15, 0.2) is 11.1 Å². The summed E-state index contributed by atoms with van der Waals surface area (Å²) in [4.78, 5) is 6.39. The van der Waals surface area contributed by atoms with E-state index in [1.807, 2.05) is 42.5 Å². The average molecular weight is 366 g/mol. The lowest BCUT2D eigenvalue weighted by atomic mass is 9.88. The highest BCUT2D eigenvalue weighted by Gasteiger charge is 2.39. The summed E-state index contributed by atoms with van der Waals surface area (Å²) in [6.45, 7) is 0. The molecule has 0 N–H and O–H groups in total. The molecule has 0 bridgehead atoms. The van der Waals surface area contributed by atoms with Gasteiger partial charge in [0, 0.05) is 6.42 Å². The molecule has 136 valence electrons. The Morgan fingerprint density at radius 1 is 0.929 bits per heavy atom. The maximum atomic E-state index is 6.09. The van der Waals surface area contributed by atoms with Crippen molar-refractivity contribution in [2.24, 2.45) is 0 Å². The van der Waals surface area contributed by atoms with Gasteiger partial charge in [0.1, 0.15) is 5.52 Å². The van der Waals surface area contributed by atoms with Gasteiger partial charge >= 0.3 is 0 Å². The van der Waals surface area contributed by atoms with E-state index >= 15 is 0 Å². The van der Waals surface area contributed by atoms with Crippen LogP contribution in [-0.4, -0.2) is 20.0 Å². The summed E-state index contributed by atoms with van der Waals surface area (Å²) in [6, 6.07) is 18.0.